The van der Waals surface area contributed by atoms with Gasteiger partial charge in [-0.3, -0.25) is 4.90 Å². The summed E-state index contributed by atoms with van der Waals surface area (Å²) in [6, 6.07) is 0.859. The monoisotopic (exact) mass is 197 g/mol. The van der Waals surface area contributed by atoms with Crippen LogP contribution < -0.4 is 0 Å². The van der Waals surface area contributed by atoms with Gasteiger partial charge in [-0.05, 0) is 44.1 Å². The fourth-order valence-corrected chi connectivity index (χ4v) is 3.24. The number of aliphatic hydroxyl groups excluding tert-OH is 1. The molecule has 2 rings (SSSR count). The van der Waals surface area contributed by atoms with E-state index in [0.717, 1.165) is 18.5 Å². The van der Waals surface area contributed by atoms with Crippen molar-refractivity contribution in [2.45, 2.75) is 45.1 Å². The predicted molar refractivity (Wildman–Crippen MR) is 58.2 cm³/mol. The normalized spacial score (nSPS) is 35.6. The zero-order valence-corrected chi connectivity index (χ0v) is 9.28. The average molecular weight is 197 g/mol. The minimum absolute atomic E-state index is 0.341. The van der Waals surface area contributed by atoms with E-state index in [1.54, 1.807) is 0 Å². The summed E-state index contributed by atoms with van der Waals surface area (Å²) in [4.78, 5) is 2.64. The fourth-order valence-electron chi connectivity index (χ4n) is 3.24. The zero-order valence-electron chi connectivity index (χ0n) is 9.28. The van der Waals surface area contributed by atoms with E-state index >= 15 is 0 Å². The number of hydrogen-bond donors (Lipinski definition) is 1. The SMILES string of the molecule is CC(CO)CN1CCCC2CCCC21. The molecule has 1 N–H and O–H groups in total. The molecule has 3 unspecified atom stereocenters. The van der Waals surface area contributed by atoms with Gasteiger partial charge in [-0.15, -0.1) is 0 Å². The highest BCUT2D eigenvalue weighted by Crippen LogP contribution is 2.36. The summed E-state index contributed by atoms with van der Waals surface area (Å²) in [6.07, 6.45) is 7.12. The van der Waals surface area contributed by atoms with Gasteiger partial charge in [0.05, 0.1) is 0 Å². The predicted octanol–water partition coefficient (Wildman–Crippen LogP) is 1.88. The van der Waals surface area contributed by atoms with Crippen molar-refractivity contribution >= 4 is 0 Å². The summed E-state index contributed by atoms with van der Waals surface area (Å²) >= 11 is 0. The van der Waals surface area contributed by atoms with E-state index in [0.29, 0.717) is 12.5 Å². The van der Waals surface area contributed by atoms with Crippen molar-refractivity contribution in [3.8, 4) is 0 Å². The Bertz CT molecular complexity index is 183. The van der Waals surface area contributed by atoms with Gasteiger partial charge in [0.15, 0.2) is 0 Å². The molecular weight excluding hydrogens is 174 g/mol. The molecule has 2 aliphatic rings. The zero-order chi connectivity index (χ0) is 9.97. The van der Waals surface area contributed by atoms with Crippen LogP contribution in [0.3, 0.4) is 0 Å². The molecule has 1 saturated heterocycles. The number of piperidine rings is 1. The summed E-state index contributed by atoms with van der Waals surface area (Å²) in [5.41, 5.74) is 0. The second-order valence-corrected chi connectivity index (χ2v) is 5.18. The molecule has 2 fully saturated rings. The van der Waals surface area contributed by atoms with Crippen molar-refractivity contribution in [2.24, 2.45) is 11.8 Å². The van der Waals surface area contributed by atoms with Gasteiger partial charge in [-0.2, -0.15) is 0 Å². The lowest BCUT2D eigenvalue weighted by atomic mass is 9.91. The van der Waals surface area contributed by atoms with Crippen LogP contribution in [0, 0.1) is 11.8 Å². The topological polar surface area (TPSA) is 23.5 Å². The third-order valence-corrected chi connectivity index (χ3v) is 3.97. The largest absolute Gasteiger partial charge is 0.396 e. The third kappa shape index (κ3) is 2.12. The number of aliphatic hydroxyl groups is 1. The van der Waals surface area contributed by atoms with Gasteiger partial charge < -0.3 is 5.11 Å². The van der Waals surface area contributed by atoms with Crippen LogP contribution in [0.25, 0.3) is 0 Å². The first-order valence-electron chi connectivity index (χ1n) is 6.16. The Morgan fingerprint density at radius 1 is 1.29 bits per heavy atom. The van der Waals surface area contributed by atoms with Crippen LogP contribution in [0.15, 0.2) is 0 Å². The number of likely N-dealkylation sites (tertiary alicyclic amines) is 1. The van der Waals surface area contributed by atoms with Crippen molar-refractivity contribution in [3.05, 3.63) is 0 Å². The summed E-state index contributed by atoms with van der Waals surface area (Å²) in [5, 5.41) is 9.08. The van der Waals surface area contributed by atoms with E-state index in [1.807, 2.05) is 0 Å². The minimum atomic E-state index is 0.341. The lowest BCUT2D eigenvalue weighted by Gasteiger charge is -2.38. The van der Waals surface area contributed by atoms with Crippen molar-refractivity contribution in [1.29, 1.82) is 0 Å². The van der Waals surface area contributed by atoms with E-state index in [9.17, 15) is 0 Å². The molecule has 0 aromatic carbocycles. The van der Waals surface area contributed by atoms with Gasteiger partial charge in [0.2, 0.25) is 0 Å². The standard InChI is InChI=1S/C12H23NO/c1-10(9-14)8-13-7-3-5-11-4-2-6-12(11)13/h10-12,14H,2-9H2,1H3. The molecule has 0 radical (unpaired) electrons. The van der Waals surface area contributed by atoms with Crippen LogP contribution in [-0.4, -0.2) is 35.7 Å². The average Bonchev–Trinajstić information content (AvgIpc) is 2.66. The maximum absolute atomic E-state index is 9.08. The molecule has 0 aromatic heterocycles. The Morgan fingerprint density at radius 3 is 2.86 bits per heavy atom. The van der Waals surface area contributed by atoms with Crippen LogP contribution in [0.1, 0.15) is 39.0 Å². The number of nitrogens with zero attached hydrogens (tertiary/aromatic N) is 1. The Hall–Kier alpha value is -0.0800. The van der Waals surface area contributed by atoms with Crippen LogP contribution in [0.4, 0.5) is 0 Å². The Morgan fingerprint density at radius 2 is 2.07 bits per heavy atom. The van der Waals surface area contributed by atoms with Crippen LogP contribution in [-0.2, 0) is 0 Å². The van der Waals surface area contributed by atoms with Crippen molar-refractivity contribution in [2.75, 3.05) is 19.7 Å². The molecular formula is C12H23NO. The molecule has 1 heterocycles. The first-order valence-corrected chi connectivity index (χ1v) is 6.16. The Kier molecular flexibility index (Phi) is 3.45. The lowest BCUT2D eigenvalue weighted by molar-refractivity contribution is 0.0825. The molecule has 82 valence electrons. The van der Waals surface area contributed by atoms with Crippen LogP contribution >= 0.6 is 0 Å². The Labute approximate surface area is 87.3 Å². The van der Waals surface area contributed by atoms with E-state index in [-0.39, 0.29) is 0 Å². The van der Waals surface area contributed by atoms with Gasteiger partial charge in [0, 0.05) is 19.2 Å². The van der Waals surface area contributed by atoms with E-state index in [1.165, 1.54) is 38.6 Å². The Balaban J connectivity index is 1.90. The summed E-state index contributed by atoms with van der Waals surface area (Å²) in [6.45, 7) is 4.87. The number of rotatable bonds is 3. The second kappa shape index (κ2) is 4.63. The first kappa shape index (κ1) is 10.4. The highest BCUT2D eigenvalue weighted by atomic mass is 16.3. The molecule has 0 bridgehead atoms. The fraction of sp³-hybridized carbons (Fsp3) is 1.00. The van der Waals surface area contributed by atoms with Gasteiger partial charge >= 0.3 is 0 Å². The number of hydrogen-bond acceptors (Lipinski definition) is 2. The molecule has 1 aliphatic heterocycles. The smallest absolute Gasteiger partial charge is 0.0468 e. The summed E-state index contributed by atoms with van der Waals surface area (Å²) in [5.74, 6) is 1.43. The lowest BCUT2D eigenvalue weighted by Crippen LogP contribution is -2.44. The van der Waals surface area contributed by atoms with Crippen LogP contribution in [0.5, 0.6) is 0 Å². The molecule has 1 aliphatic carbocycles. The highest BCUT2D eigenvalue weighted by Gasteiger charge is 2.34. The quantitative estimate of drug-likeness (QED) is 0.746. The van der Waals surface area contributed by atoms with Gasteiger partial charge in [-0.25, -0.2) is 0 Å². The van der Waals surface area contributed by atoms with E-state index < -0.39 is 0 Å². The van der Waals surface area contributed by atoms with E-state index in [4.69, 9.17) is 5.11 Å². The third-order valence-electron chi connectivity index (χ3n) is 3.97. The molecule has 0 aromatic rings. The van der Waals surface area contributed by atoms with Gasteiger partial charge in [0.1, 0.15) is 0 Å². The van der Waals surface area contributed by atoms with Gasteiger partial charge in [0.25, 0.3) is 0 Å². The van der Waals surface area contributed by atoms with Gasteiger partial charge in [-0.1, -0.05) is 13.3 Å². The van der Waals surface area contributed by atoms with E-state index in [2.05, 4.69) is 11.8 Å². The second-order valence-electron chi connectivity index (χ2n) is 5.18. The van der Waals surface area contributed by atoms with Crippen molar-refractivity contribution in [3.63, 3.8) is 0 Å². The highest BCUT2D eigenvalue weighted by molar-refractivity contribution is 4.89. The molecule has 2 heteroatoms. The van der Waals surface area contributed by atoms with Crippen LogP contribution in [0.2, 0.25) is 0 Å². The minimum Gasteiger partial charge on any atom is -0.396 e. The molecule has 1 saturated carbocycles. The van der Waals surface area contributed by atoms with Crippen molar-refractivity contribution in [1.82, 2.24) is 4.90 Å². The molecule has 0 spiro atoms. The summed E-state index contributed by atoms with van der Waals surface area (Å²) < 4.78 is 0. The number of fused-ring (bicyclic) bond motifs is 1. The molecule has 0 amide bonds. The maximum atomic E-state index is 9.08. The maximum Gasteiger partial charge on any atom is 0.0468 e. The first-order chi connectivity index (χ1) is 6.81. The summed E-state index contributed by atoms with van der Waals surface area (Å²) in [7, 11) is 0. The van der Waals surface area contributed by atoms with Crippen molar-refractivity contribution < 1.29 is 5.11 Å². The molecule has 3 atom stereocenters. The molecule has 14 heavy (non-hydrogen) atoms. The molecule has 2 nitrogen and oxygen atoms in total.